The molecule has 1 amide bonds. The molecule has 4 heteroatoms. The quantitative estimate of drug-likeness (QED) is 0.735. The van der Waals surface area contributed by atoms with E-state index in [2.05, 4.69) is 27.7 Å². The van der Waals surface area contributed by atoms with Gasteiger partial charge in [-0.25, -0.2) is 0 Å². The third-order valence-corrected chi connectivity index (χ3v) is 4.22. The number of ether oxygens (including phenoxy) is 2. The molecule has 1 aromatic carbocycles. The molecule has 0 saturated carbocycles. The lowest BCUT2D eigenvalue weighted by molar-refractivity contribution is -0.134. The number of hydrogen-bond acceptors (Lipinski definition) is 3. The minimum absolute atomic E-state index is 0.163. The van der Waals surface area contributed by atoms with Crippen LogP contribution in [0.25, 0.3) is 0 Å². The van der Waals surface area contributed by atoms with E-state index in [1.54, 1.807) is 14.2 Å². The molecule has 0 fully saturated rings. The maximum Gasteiger partial charge on any atom is 0.227 e. The van der Waals surface area contributed by atoms with Crippen LogP contribution in [0.1, 0.15) is 46.1 Å². The summed E-state index contributed by atoms with van der Waals surface area (Å²) in [6.45, 7) is 8.45. The second-order valence-corrected chi connectivity index (χ2v) is 5.68. The number of carbonyl (C=O) groups excluding carboxylic acids is 1. The van der Waals surface area contributed by atoms with Crippen molar-refractivity contribution >= 4 is 5.91 Å². The highest BCUT2D eigenvalue weighted by Crippen LogP contribution is 2.28. The number of benzene rings is 1. The van der Waals surface area contributed by atoms with Gasteiger partial charge < -0.3 is 14.4 Å². The zero-order valence-corrected chi connectivity index (χ0v) is 14.7. The van der Waals surface area contributed by atoms with Crippen molar-refractivity contribution in [3.63, 3.8) is 0 Å². The molecule has 124 valence electrons. The van der Waals surface area contributed by atoms with E-state index in [0.717, 1.165) is 18.4 Å². The van der Waals surface area contributed by atoms with Gasteiger partial charge in [0.15, 0.2) is 11.5 Å². The van der Waals surface area contributed by atoms with Gasteiger partial charge in [0.1, 0.15) is 0 Å². The van der Waals surface area contributed by atoms with E-state index < -0.39 is 0 Å². The number of carbonyl (C=O) groups is 1. The van der Waals surface area contributed by atoms with Gasteiger partial charge in [0.2, 0.25) is 5.91 Å². The highest BCUT2D eigenvalue weighted by molar-refractivity contribution is 5.79. The summed E-state index contributed by atoms with van der Waals surface area (Å²) in [6.07, 6.45) is 2.30. The van der Waals surface area contributed by atoms with Crippen LogP contribution in [0.4, 0.5) is 0 Å². The molecule has 0 heterocycles. The Morgan fingerprint density at radius 2 is 1.59 bits per heavy atom. The molecule has 2 unspecified atom stereocenters. The summed E-state index contributed by atoms with van der Waals surface area (Å²) < 4.78 is 10.5. The fourth-order valence-corrected chi connectivity index (χ4v) is 2.58. The highest BCUT2D eigenvalue weighted by Gasteiger charge is 2.23. The molecule has 4 nitrogen and oxygen atoms in total. The van der Waals surface area contributed by atoms with E-state index in [1.807, 2.05) is 23.1 Å². The predicted molar refractivity (Wildman–Crippen MR) is 89.6 cm³/mol. The predicted octanol–water partition coefficient (Wildman–Crippen LogP) is 3.67. The summed E-state index contributed by atoms with van der Waals surface area (Å²) in [7, 11) is 3.21. The van der Waals surface area contributed by atoms with E-state index >= 15 is 0 Å². The molecule has 0 spiro atoms. The van der Waals surface area contributed by atoms with Crippen molar-refractivity contribution in [1.29, 1.82) is 0 Å². The Morgan fingerprint density at radius 3 is 2.05 bits per heavy atom. The normalized spacial score (nSPS) is 13.4. The molecule has 0 bridgehead atoms. The maximum absolute atomic E-state index is 12.7. The lowest BCUT2D eigenvalue weighted by Crippen LogP contribution is -2.45. The lowest BCUT2D eigenvalue weighted by Gasteiger charge is -2.34. The van der Waals surface area contributed by atoms with Crippen LogP contribution in [0.2, 0.25) is 0 Å². The highest BCUT2D eigenvalue weighted by atomic mass is 16.5. The topological polar surface area (TPSA) is 38.8 Å². The first-order chi connectivity index (χ1) is 10.5. The Kier molecular flexibility index (Phi) is 7.22. The summed E-state index contributed by atoms with van der Waals surface area (Å²) in [4.78, 5) is 14.7. The number of amides is 1. The SMILES string of the molecule is CCC(C)N(C(=O)Cc1ccc(OC)c(OC)c1)C(C)CC. The van der Waals surface area contributed by atoms with E-state index in [0.29, 0.717) is 17.9 Å². The molecule has 0 aliphatic rings. The summed E-state index contributed by atoms with van der Waals surface area (Å²) in [5.74, 6) is 1.50. The summed E-state index contributed by atoms with van der Waals surface area (Å²) in [5, 5.41) is 0. The average Bonchev–Trinajstić information content (AvgIpc) is 2.54. The Hall–Kier alpha value is -1.71. The number of methoxy groups -OCH3 is 2. The van der Waals surface area contributed by atoms with Crippen molar-refractivity contribution < 1.29 is 14.3 Å². The van der Waals surface area contributed by atoms with Crippen LogP contribution in [0.15, 0.2) is 18.2 Å². The number of rotatable bonds is 8. The van der Waals surface area contributed by atoms with Gasteiger partial charge in [-0.2, -0.15) is 0 Å². The standard InChI is InChI=1S/C18H29NO3/c1-7-13(3)19(14(4)8-2)18(20)12-15-9-10-16(21-5)17(11-15)22-6/h9-11,13-14H,7-8,12H2,1-6H3. The van der Waals surface area contributed by atoms with Gasteiger partial charge in [0.05, 0.1) is 20.6 Å². The van der Waals surface area contributed by atoms with Crippen molar-refractivity contribution in [2.24, 2.45) is 0 Å². The fourth-order valence-electron chi connectivity index (χ4n) is 2.58. The number of hydrogen-bond donors (Lipinski definition) is 0. The van der Waals surface area contributed by atoms with Crippen molar-refractivity contribution in [2.75, 3.05) is 14.2 Å². The van der Waals surface area contributed by atoms with E-state index in [4.69, 9.17) is 9.47 Å². The zero-order chi connectivity index (χ0) is 16.7. The van der Waals surface area contributed by atoms with E-state index in [1.165, 1.54) is 0 Å². The Labute approximate surface area is 134 Å². The van der Waals surface area contributed by atoms with Crippen LogP contribution in [0.5, 0.6) is 11.5 Å². The van der Waals surface area contributed by atoms with E-state index in [9.17, 15) is 4.79 Å². The number of nitrogens with zero attached hydrogens (tertiary/aromatic N) is 1. The van der Waals surface area contributed by atoms with Crippen LogP contribution < -0.4 is 9.47 Å². The largest absolute Gasteiger partial charge is 0.493 e. The van der Waals surface area contributed by atoms with Gasteiger partial charge in [0.25, 0.3) is 0 Å². The van der Waals surface area contributed by atoms with Gasteiger partial charge in [-0.3, -0.25) is 4.79 Å². The van der Waals surface area contributed by atoms with Crippen molar-refractivity contribution in [3.8, 4) is 11.5 Å². The molecule has 0 radical (unpaired) electrons. The molecule has 2 atom stereocenters. The monoisotopic (exact) mass is 307 g/mol. The minimum Gasteiger partial charge on any atom is -0.493 e. The molecule has 0 N–H and O–H groups in total. The Bertz CT molecular complexity index is 477. The average molecular weight is 307 g/mol. The summed E-state index contributed by atoms with van der Waals surface area (Å²) in [5.41, 5.74) is 0.944. The third-order valence-electron chi connectivity index (χ3n) is 4.22. The molecule has 1 rings (SSSR count). The van der Waals surface area contributed by atoms with Gasteiger partial charge in [-0.05, 0) is 44.4 Å². The van der Waals surface area contributed by atoms with Crippen LogP contribution in [0.3, 0.4) is 0 Å². The van der Waals surface area contributed by atoms with E-state index in [-0.39, 0.29) is 18.0 Å². The second kappa shape index (κ2) is 8.66. The summed E-state index contributed by atoms with van der Waals surface area (Å²) in [6, 6.07) is 6.15. The molecule has 22 heavy (non-hydrogen) atoms. The lowest BCUT2D eigenvalue weighted by atomic mass is 10.1. The summed E-state index contributed by atoms with van der Waals surface area (Å²) >= 11 is 0. The van der Waals surface area contributed by atoms with Gasteiger partial charge in [-0.1, -0.05) is 19.9 Å². The smallest absolute Gasteiger partial charge is 0.227 e. The first-order valence-corrected chi connectivity index (χ1v) is 8.00. The first kappa shape index (κ1) is 18.3. The van der Waals surface area contributed by atoms with Crippen molar-refractivity contribution in [2.45, 2.75) is 59.0 Å². The molecule has 0 aliphatic heterocycles. The van der Waals surface area contributed by atoms with Gasteiger partial charge >= 0.3 is 0 Å². The minimum atomic E-state index is 0.163. The Balaban J connectivity index is 2.93. The maximum atomic E-state index is 12.7. The molecule has 0 aromatic heterocycles. The molecular weight excluding hydrogens is 278 g/mol. The third kappa shape index (κ3) is 4.39. The van der Waals surface area contributed by atoms with Crippen LogP contribution in [-0.4, -0.2) is 37.1 Å². The fraction of sp³-hybridized carbons (Fsp3) is 0.611. The molecular formula is C18H29NO3. The van der Waals surface area contributed by atoms with Crippen molar-refractivity contribution in [1.82, 2.24) is 4.90 Å². The molecule has 1 aromatic rings. The van der Waals surface area contributed by atoms with Gasteiger partial charge in [0, 0.05) is 12.1 Å². The zero-order valence-electron chi connectivity index (χ0n) is 14.7. The van der Waals surface area contributed by atoms with Crippen molar-refractivity contribution in [3.05, 3.63) is 23.8 Å². The Morgan fingerprint density at radius 1 is 1.05 bits per heavy atom. The van der Waals surface area contributed by atoms with Crippen LogP contribution >= 0.6 is 0 Å². The second-order valence-electron chi connectivity index (χ2n) is 5.68. The van der Waals surface area contributed by atoms with Gasteiger partial charge in [-0.15, -0.1) is 0 Å². The molecule has 0 saturated heterocycles. The van der Waals surface area contributed by atoms with Crippen LogP contribution in [0, 0.1) is 0 Å². The molecule has 0 aliphatic carbocycles. The van der Waals surface area contributed by atoms with Crippen LogP contribution in [-0.2, 0) is 11.2 Å². The first-order valence-electron chi connectivity index (χ1n) is 8.00.